The molecule has 3 rings (SSSR count). The average molecular weight is 406 g/mol. The molecule has 3 aromatic carbocycles. The van der Waals surface area contributed by atoms with Gasteiger partial charge in [-0.05, 0) is 35.4 Å². The predicted molar refractivity (Wildman–Crippen MR) is 115 cm³/mol. The Balaban J connectivity index is 1.66. The molecule has 1 amide bonds. The van der Waals surface area contributed by atoms with Gasteiger partial charge in [-0.3, -0.25) is 4.79 Å². The van der Waals surface area contributed by atoms with Gasteiger partial charge in [0, 0.05) is 10.7 Å². The zero-order chi connectivity index (χ0) is 20.6. The summed E-state index contributed by atoms with van der Waals surface area (Å²) in [7, 11) is 1.55. The number of nitrogens with one attached hydrogen (secondary N) is 2. The number of ether oxygens (including phenoxy) is 1. The van der Waals surface area contributed by atoms with Crippen molar-refractivity contribution < 1.29 is 9.53 Å². The van der Waals surface area contributed by atoms with Gasteiger partial charge in [-0.15, -0.1) is 0 Å². The first-order valence-electron chi connectivity index (χ1n) is 9.03. The number of para-hydroxylation sites is 2. The molecule has 146 valence electrons. The lowest BCUT2D eigenvalue weighted by Gasteiger charge is -2.14. The van der Waals surface area contributed by atoms with E-state index in [1.165, 1.54) is 0 Å². The van der Waals surface area contributed by atoms with Gasteiger partial charge in [0.2, 0.25) is 5.91 Å². The molecule has 0 unspecified atom stereocenters. The lowest BCUT2D eigenvalue weighted by Crippen LogP contribution is -2.22. The molecule has 0 aliphatic rings. The first kappa shape index (κ1) is 20.2. The molecule has 2 N–H and O–H groups in total. The molecule has 0 saturated heterocycles. The van der Waals surface area contributed by atoms with E-state index in [0.717, 1.165) is 11.1 Å². The zero-order valence-corrected chi connectivity index (χ0v) is 16.6. The van der Waals surface area contributed by atoms with E-state index in [4.69, 9.17) is 16.3 Å². The lowest BCUT2D eigenvalue weighted by molar-refractivity contribution is -0.114. The number of anilines is 2. The normalized spacial score (nSPS) is 11.2. The first-order valence-corrected chi connectivity index (χ1v) is 9.41. The minimum absolute atomic E-state index is 0.0636. The molecule has 5 nitrogen and oxygen atoms in total. The summed E-state index contributed by atoms with van der Waals surface area (Å²) in [6.07, 6.45) is 0. The van der Waals surface area contributed by atoms with Crippen molar-refractivity contribution in [2.75, 3.05) is 24.3 Å². The van der Waals surface area contributed by atoms with Crippen LogP contribution in [0.15, 0.2) is 72.8 Å². The second kappa shape index (κ2) is 9.63. The molecule has 0 aliphatic carbocycles. The largest absolute Gasteiger partial charge is 0.495 e. The molecule has 1 atom stereocenters. The molecule has 0 fully saturated rings. The number of amides is 1. The summed E-state index contributed by atoms with van der Waals surface area (Å²) >= 11 is 6.43. The number of rotatable bonds is 7. The molecular formula is C23H20ClN3O2. The molecule has 3 aromatic rings. The summed E-state index contributed by atoms with van der Waals surface area (Å²) in [5.74, 6) is -0.0721. The Hall–Kier alpha value is -3.49. The number of nitrogens with zero attached hydrogens (tertiary/aromatic N) is 1. The molecule has 0 saturated carbocycles. The third-order valence-electron chi connectivity index (χ3n) is 4.41. The minimum Gasteiger partial charge on any atom is -0.495 e. The highest BCUT2D eigenvalue weighted by atomic mass is 35.5. The quantitative estimate of drug-likeness (QED) is 0.576. The standard InChI is InChI=1S/C23H20ClN3O2/c1-29-22-10-6-5-9-21(22)27-23(28)15-26-17-11-12-18(20(24)13-17)19(14-25)16-7-3-2-4-8-16/h2-13,19,26H,15H2,1H3,(H,27,28)/t19-/m1/s1. The molecular weight excluding hydrogens is 386 g/mol. The van der Waals surface area contributed by atoms with E-state index in [0.29, 0.717) is 22.1 Å². The van der Waals surface area contributed by atoms with Crippen LogP contribution in [-0.4, -0.2) is 19.6 Å². The number of methoxy groups -OCH3 is 1. The van der Waals surface area contributed by atoms with Gasteiger partial charge in [-0.25, -0.2) is 0 Å². The number of benzene rings is 3. The van der Waals surface area contributed by atoms with Crippen LogP contribution in [0.2, 0.25) is 5.02 Å². The summed E-state index contributed by atoms with van der Waals surface area (Å²) in [5.41, 5.74) is 2.91. The van der Waals surface area contributed by atoms with E-state index in [1.807, 2.05) is 54.6 Å². The van der Waals surface area contributed by atoms with Gasteiger partial charge in [-0.1, -0.05) is 60.1 Å². The smallest absolute Gasteiger partial charge is 0.243 e. The highest BCUT2D eigenvalue weighted by Crippen LogP contribution is 2.31. The topological polar surface area (TPSA) is 74.2 Å². The Labute approximate surface area is 174 Å². The van der Waals surface area contributed by atoms with Crippen LogP contribution >= 0.6 is 11.6 Å². The number of halogens is 1. The van der Waals surface area contributed by atoms with E-state index in [2.05, 4.69) is 16.7 Å². The fourth-order valence-electron chi connectivity index (χ4n) is 2.96. The van der Waals surface area contributed by atoms with Crippen molar-refractivity contribution in [3.63, 3.8) is 0 Å². The lowest BCUT2D eigenvalue weighted by atomic mass is 9.92. The number of hydrogen-bond acceptors (Lipinski definition) is 4. The van der Waals surface area contributed by atoms with Gasteiger partial charge in [0.25, 0.3) is 0 Å². The molecule has 0 bridgehead atoms. The number of carbonyl (C=O) groups excluding carboxylic acids is 1. The van der Waals surface area contributed by atoms with Gasteiger partial charge in [0.1, 0.15) is 5.75 Å². The van der Waals surface area contributed by atoms with Crippen molar-refractivity contribution in [1.82, 2.24) is 0 Å². The van der Waals surface area contributed by atoms with Crippen LogP contribution in [0.3, 0.4) is 0 Å². The van der Waals surface area contributed by atoms with E-state index >= 15 is 0 Å². The van der Waals surface area contributed by atoms with Crippen molar-refractivity contribution in [2.24, 2.45) is 0 Å². The van der Waals surface area contributed by atoms with Crippen molar-refractivity contribution in [3.8, 4) is 11.8 Å². The first-order chi connectivity index (χ1) is 14.1. The summed E-state index contributed by atoms with van der Waals surface area (Å²) in [5, 5.41) is 15.9. The Morgan fingerprint density at radius 1 is 1.10 bits per heavy atom. The van der Waals surface area contributed by atoms with Crippen LogP contribution < -0.4 is 15.4 Å². The number of hydrogen-bond donors (Lipinski definition) is 2. The molecule has 6 heteroatoms. The molecule has 29 heavy (non-hydrogen) atoms. The SMILES string of the molecule is COc1ccccc1NC(=O)CNc1ccc([C@H](C#N)c2ccccc2)c(Cl)c1. The fraction of sp³-hybridized carbons (Fsp3) is 0.130. The summed E-state index contributed by atoms with van der Waals surface area (Å²) in [6, 6.07) is 24.3. The Bertz CT molecular complexity index is 1030. The monoisotopic (exact) mass is 405 g/mol. The second-order valence-corrected chi connectivity index (χ2v) is 6.72. The van der Waals surface area contributed by atoms with Gasteiger partial charge in [-0.2, -0.15) is 5.26 Å². The van der Waals surface area contributed by atoms with E-state index in [-0.39, 0.29) is 12.5 Å². The van der Waals surface area contributed by atoms with Gasteiger partial charge >= 0.3 is 0 Å². The second-order valence-electron chi connectivity index (χ2n) is 6.31. The van der Waals surface area contributed by atoms with Crippen molar-refractivity contribution in [3.05, 3.63) is 88.9 Å². The van der Waals surface area contributed by atoms with E-state index < -0.39 is 5.92 Å². The van der Waals surface area contributed by atoms with Crippen LogP contribution in [0.4, 0.5) is 11.4 Å². The van der Waals surface area contributed by atoms with Crippen molar-refractivity contribution in [1.29, 1.82) is 5.26 Å². The molecule has 0 radical (unpaired) electrons. The Morgan fingerprint density at radius 3 is 2.52 bits per heavy atom. The highest BCUT2D eigenvalue weighted by Gasteiger charge is 2.17. The third-order valence-corrected chi connectivity index (χ3v) is 4.73. The average Bonchev–Trinajstić information content (AvgIpc) is 2.75. The zero-order valence-electron chi connectivity index (χ0n) is 15.9. The number of nitriles is 1. The molecule has 0 spiro atoms. The maximum absolute atomic E-state index is 12.2. The van der Waals surface area contributed by atoms with E-state index in [1.54, 1.807) is 25.3 Å². The van der Waals surface area contributed by atoms with Crippen molar-refractivity contribution >= 4 is 28.9 Å². The summed E-state index contributed by atoms with van der Waals surface area (Å²) in [6.45, 7) is 0.0636. The van der Waals surface area contributed by atoms with E-state index in [9.17, 15) is 10.1 Å². The minimum atomic E-state index is -0.452. The summed E-state index contributed by atoms with van der Waals surface area (Å²) < 4.78 is 5.23. The summed E-state index contributed by atoms with van der Waals surface area (Å²) in [4.78, 5) is 12.2. The predicted octanol–water partition coefficient (Wildman–Crippen LogP) is 5.05. The van der Waals surface area contributed by atoms with Crippen LogP contribution in [0.5, 0.6) is 5.75 Å². The molecule has 0 aliphatic heterocycles. The van der Waals surface area contributed by atoms with Gasteiger partial charge in [0.15, 0.2) is 0 Å². The Morgan fingerprint density at radius 2 is 1.83 bits per heavy atom. The third kappa shape index (κ3) is 5.07. The van der Waals surface area contributed by atoms with Crippen LogP contribution in [-0.2, 0) is 4.79 Å². The molecule has 0 aromatic heterocycles. The van der Waals surface area contributed by atoms with Crippen LogP contribution in [0.25, 0.3) is 0 Å². The van der Waals surface area contributed by atoms with Gasteiger partial charge in [0.05, 0.1) is 31.3 Å². The van der Waals surface area contributed by atoms with Crippen LogP contribution in [0, 0.1) is 11.3 Å². The Kier molecular flexibility index (Phi) is 6.72. The number of carbonyl (C=O) groups is 1. The van der Waals surface area contributed by atoms with Crippen LogP contribution in [0.1, 0.15) is 17.0 Å². The van der Waals surface area contributed by atoms with Crippen molar-refractivity contribution in [2.45, 2.75) is 5.92 Å². The van der Waals surface area contributed by atoms with Gasteiger partial charge < -0.3 is 15.4 Å². The fourth-order valence-corrected chi connectivity index (χ4v) is 3.25. The highest BCUT2D eigenvalue weighted by molar-refractivity contribution is 6.31. The maximum Gasteiger partial charge on any atom is 0.243 e. The molecule has 0 heterocycles. The maximum atomic E-state index is 12.2.